The maximum atomic E-state index is 10.0. The minimum absolute atomic E-state index is 0. The Labute approximate surface area is 262 Å². The van der Waals surface area contributed by atoms with Gasteiger partial charge in [-0.1, -0.05) is 112 Å². The molecule has 0 fully saturated rings. The zero-order valence-electron chi connectivity index (χ0n) is 25.0. The van der Waals surface area contributed by atoms with Crippen molar-refractivity contribution in [2.45, 2.75) is 52.9 Å². The second-order valence-corrected chi connectivity index (χ2v) is 11.6. The standard InChI is InChI=1S/C33H28N.C5H8O2.Ir/c1-21(2)22-9-11-23(12-10-22)25-14-13-24-16-18-31(34-32(24)20-25)26-15-17-28-27-7-5-6-8-29(27)33(3,4)30(28)19-26;1-4(6)3-5(2)7;/h5-14,16-21H,1-4H3;3,6H,1-2H3;/q-1;;/b;4-3-;. The van der Waals surface area contributed by atoms with Crippen LogP contribution in [-0.2, 0) is 30.3 Å². The summed E-state index contributed by atoms with van der Waals surface area (Å²) in [6.45, 7) is 11.9. The first-order valence-electron chi connectivity index (χ1n) is 14.1. The molecule has 1 aliphatic rings. The third-order valence-corrected chi connectivity index (χ3v) is 7.81. The van der Waals surface area contributed by atoms with E-state index in [1.807, 2.05) is 0 Å². The van der Waals surface area contributed by atoms with Crippen molar-refractivity contribution in [1.82, 2.24) is 4.98 Å². The molecule has 0 aliphatic heterocycles. The summed E-state index contributed by atoms with van der Waals surface area (Å²) in [5.74, 6) is 0.476. The normalized spacial score (nSPS) is 13.1. The Kier molecular flexibility index (Phi) is 9.30. The molecule has 42 heavy (non-hydrogen) atoms. The number of aliphatic hydroxyl groups is 1. The molecule has 0 saturated carbocycles. The summed E-state index contributed by atoms with van der Waals surface area (Å²) >= 11 is 0. The van der Waals surface area contributed by atoms with E-state index in [0.717, 1.165) is 22.2 Å². The number of allylic oxidation sites excluding steroid dienone is 2. The van der Waals surface area contributed by atoms with Gasteiger partial charge in [-0.15, -0.1) is 29.3 Å². The molecule has 1 aliphatic carbocycles. The van der Waals surface area contributed by atoms with E-state index in [9.17, 15) is 4.79 Å². The zero-order valence-corrected chi connectivity index (χ0v) is 27.3. The van der Waals surface area contributed by atoms with Gasteiger partial charge in [-0.3, -0.25) is 9.78 Å². The minimum atomic E-state index is -0.125. The van der Waals surface area contributed by atoms with Crippen LogP contribution in [0.2, 0.25) is 0 Å². The fourth-order valence-corrected chi connectivity index (χ4v) is 5.59. The van der Waals surface area contributed by atoms with Crippen LogP contribution in [0.25, 0.3) is 44.4 Å². The predicted octanol–water partition coefficient (Wildman–Crippen LogP) is 9.83. The number of nitrogens with zero attached hydrogens (tertiary/aromatic N) is 1. The van der Waals surface area contributed by atoms with Crippen molar-refractivity contribution in [3.8, 4) is 33.5 Å². The maximum Gasteiger partial charge on any atom is 0.155 e. The molecule has 1 aromatic heterocycles. The molecule has 215 valence electrons. The van der Waals surface area contributed by atoms with Crippen molar-refractivity contribution in [2.24, 2.45) is 0 Å². The molecule has 0 saturated heterocycles. The van der Waals surface area contributed by atoms with Gasteiger partial charge in [-0.2, -0.15) is 0 Å². The fraction of sp³-hybridized carbons (Fsp3) is 0.211. The van der Waals surface area contributed by atoms with Gasteiger partial charge in [0, 0.05) is 26.2 Å². The first-order valence-corrected chi connectivity index (χ1v) is 14.1. The van der Waals surface area contributed by atoms with Gasteiger partial charge < -0.3 is 5.11 Å². The Hall–Kier alpha value is -3.85. The van der Waals surface area contributed by atoms with E-state index in [4.69, 9.17) is 10.1 Å². The van der Waals surface area contributed by atoms with E-state index < -0.39 is 0 Å². The van der Waals surface area contributed by atoms with E-state index in [0.29, 0.717) is 5.92 Å². The molecule has 1 heterocycles. The van der Waals surface area contributed by atoms with E-state index in [2.05, 4.69) is 125 Å². The number of aromatic nitrogens is 1. The van der Waals surface area contributed by atoms with E-state index in [-0.39, 0.29) is 37.1 Å². The van der Waals surface area contributed by atoms with Gasteiger partial charge in [0.25, 0.3) is 0 Å². The average Bonchev–Trinajstić information content (AvgIpc) is 3.18. The summed E-state index contributed by atoms with van der Waals surface area (Å²) in [5.41, 5.74) is 12.1. The summed E-state index contributed by atoms with van der Waals surface area (Å²) in [6, 6.07) is 36.4. The molecule has 0 spiro atoms. The largest absolute Gasteiger partial charge is 0.512 e. The molecule has 0 bridgehead atoms. The Bertz CT molecular complexity index is 1780. The number of aliphatic hydroxyl groups excluding tert-OH is 1. The van der Waals surface area contributed by atoms with Crippen LogP contribution in [0.5, 0.6) is 0 Å². The Balaban J connectivity index is 0.000000454. The van der Waals surface area contributed by atoms with Gasteiger partial charge in [-0.05, 0) is 64.6 Å². The van der Waals surface area contributed by atoms with Crippen molar-refractivity contribution in [3.05, 3.63) is 126 Å². The Morgan fingerprint density at radius 1 is 0.857 bits per heavy atom. The van der Waals surface area contributed by atoms with Crippen LogP contribution in [0.15, 0.2) is 103 Å². The van der Waals surface area contributed by atoms with Crippen molar-refractivity contribution < 1.29 is 30.0 Å². The first kappa shape index (κ1) is 31.1. The molecular formula is C38H36IrNO2-. The molecule has 0 unspecified atom stereocenters. The monoisotopic (exact) mass is 731 g/mol. The van der Waals surface area contributed by atoms with Gasteiger partial charge in [0.05, 0.1) is 11.3 Å². The first-order chi connectivity index (χ1) is 19.5. The number of carbonyl (C=O) groups is 1. The SMILES string of the molecule is CC(=O)/C=C(/C)O.CC(C)c1ccc(-c2ccc3ccc(-c4[c-]cc5c(c4)C(C)(C)c4ccccc4-5)nc3c2)cc1.[Ir]. The van der Waals surface area contributed by atoms with Crippen molar-refractivity contribution in [1.29, 1.82) is 0 Å². The van der Waals surface area contributed by atoms with Crippen molar-refractivity contribution in [2.75, 3.05) is 0 Å². The predicted molar refractivity (Wildman–Crippen MR) is 170 cm³/mol. The molecule has 0 atom stereocenters. The molecular weight excluding hydrogens is 695 g/mol. The Morgan fingerprint density at radius 3 is 2.17 bits per heavy atom. The van der Waals surface area contributed by atoms with Crippen LogP contribution < -0.4 is 0 Å². The Morgan fingerprint density at radius 2 is 1.52 bits per heavy atom. The molecule has 0 amide bonds. The summed E-state index contributed by atoms with van der Waals surface area (Å²) in [5, 5.41) is 9.52. The number of rotatable bonds is 4. The third-order valence-electron chi connectivity index (χ3n) is 7.81. The fourth-order valence-electron chi connectivity index (χ4n) is 5.59. The summed E-state index contributed by atoms with van der Waals surface area (Å²) in [4.78, 5) is 15.1. The molecule has 1 radical (unpaired) electrons. The van der Waals surface area contributed by atoms with Gasteiger partial charge in [0.2, 0.25) is 0 Å². The molecule has 6 rings (SSSR count). The van der Waals surface area contributed by atoms with E-state index in [1.54, 1.807) is 0 Å². The van der Waals surface area contributed by atoms with Crippen LogP contribution in [0.3, 0.4) is 0 Å². The number of ketones is 1. The number of hydrogen-bond donors (Lipinski definition) is 1. The van der Waals surface area contributed by atoms with Crippen molar-refractivity contribution >= 4 is 16.7 Å². The second-order valence-electron chi connectivity index (χ2n) is 11.6. The topological polar surface area (TPSA) is 50.2 Å². The molecule has 5 aromatic rings. The summed E-state index contributed by atoms with van der Waals surface area (Å²) < 4.78 is 0. The van der Waals surface area contributed by atoms with Crippen LogP contribution >= 0.6 is 0 Å². The zero-order chi connectivity index (χ0) is 29.3. The van der Waals surface area contributed by atoms with E-state index >= 15 is 0 Å². The van der Waals surface area contributed by atoms with Crippen LogP contribution in [-0.4, -0.2) is 15.9 Å². The maximum absolute atomic E-state index is 10.0. The number of pyridine rings is 1. The summed E-state index contributed by atoms with van der Waals surface area (Å²) in [6.07, 6.45) is 1.17. The third kappa shape index (κ3) is 6.31. The number of fused-ring (bicyclic) bond motifs is 4. The summed E-state index contributed by atoms with van der Waals surface area (Å²) in [7, 11) is 0. The van der Waals surface area contributed by atoms with Gasteiger partial charge in [0.15, 0.2) is 5.78 Å². The smallest absolute Gasteiger partial charge is 0.155 e. The van der Waals surface area contributed by atoms with E-state index in [1.165, 1.54) is 58.9 Å². The molecule has 1 N–H and O–H groups in total. The van der Waals surface area contributed by atoms with Crippen molar-refractivity contribution in [3.63, 3.8) is 0 Å². The quantitative estimate of drug-likeness (QED) is 0.114. The minimum Gasteiger partial charge on any atom is -0.512 e. The van der Waals surface area contributed by atoms with Crippen LogP contribution in [0.1, 0.15) is 64.2 Å². The number of carbonyl (C=O) groups excluding carboxylic acids is 1. The number of benzene rings is 4. The van der Waals surface area contributed by atoms with Gasteiger partial charge in [-0.25, -0.2) is 0 Å². The average molecular weight is 731 g/mol. The van der Waals surface area contributed by atoms with Crippen LogP contribution in [0, 0.1) is 6.07 Å². The molecule has 3 nitrogen and oxygen atoms in total. The molecule has 4 heteroatoms. The van der Waals surface area contributed by atoms with Gasteiger partial charge in [0.1, 0.15) is 0 Å². The molecule has 4 aromatic carbocycles. The van der Waals surface area contributed by atoms with Crippen LogP contribution in [0.4, 0.5) is 0 Å². The van der Waals surface area contributed by atoms with Gasteiger partial charge >= 0.3 is 0 Å². The number of hydrogen-bond acceptors (Lipinski definition) is 3. The second kappa shape index (κ2) is 12.6.